The third kappa shape index (κ3) is 3.68. The monoisotopic (exact) mass is 299 g/mol. The highest BCUT2D eigenvalue weighted by atomic mass is 35.5. The maximum Gasteiger partial charge on any atom is 0.229 e. The molecule has 2 aromatic rings. The van der Waals surface area contributed by atoms with Gasteiger partial charge in [0.1, 0.15) is 5.82 Å². The molecule has 0 aliphatic rings. The standard InChI is InChI=1S/C13H11ClFNO2S/c1-19(17,18)16-11-5-2-9(3-6-11)10-4-7-12(14)13(15)8-10/h2-8,16H,1H3. The lowest BCUT2D eigenvalue weighted by Crippen LogP contribution is -2.09. The van der Waals surface area contributed by atoms with E-state index in [1.807, 2.05) is 0 Å². The normalized spacial score (nSPS) is 11.3. The summed E-state index contributed by atoms with van der Waals surface area (Å²) in [4.78, 5) is 0. The fourth-order valence-electron chi connectivity index (χ4n) is 1.62. The molecule has 0 aromatic heterocycles. The van der Waals surface area contributed by atoms with E-state index in [9.17, 15) is 12.8 Å². The van der Waals surface area contributed by atoms with Gasteiger partial charge in [-0.1, -0.05) is 29.8 Å². The van der Waals surface area contributed by atoms with Crippen molar-refractivity contribution in [2.24, 2.45) is 0 Å². The van der Waals surface area contributed by atoms with Crippen LogP contribution in [0.15, 0.2) is 42.5 Å². The molecule has 0 atom stereocenters. The van der Waals surface area contributed by atoms with E-state index in [1.165, 1.54) is 12.1 Å². The van der Waals surface area contributed by atoms with E-state index in [4.69, 9.17) is 11.6 Å². The maximum absolute atomic E-state index is 13.3. The molecular weight excluding hydrogens is 289 g/mol. The summed E-state index contributed by atoms with van der Waals surface area (Å²) in [6, 6.07) is 11.2. The predicted octanol–water partition coefficient (Wildman–Crippen LogP) is 3.52. The number of rotatable bonds is 3. The molecule has 1 N–H and O–H groups in total. The van der Waals surface area contributed by atoms with Gasteiger partial charge in [-0.3, -0.25) is 4.72 Å². The van der Waals surface area contributed by atoms with Crippen molar-refractivity contribution in [1.82, 2.24) is 0 Å². The van der Waals surface area contributed by atoms with Crippen LogP contribution < -0.4 is 4.72 Å². The van der Waals surface area contributed by atoms with E-state index in [-0.39, 0.29) is 5.02 Å². The summed E-state index contributed by atoms with van der Waals surface area (Å²) in [6.45, 7) is 0. The number of hydrogen-bond donors (Lipinski definition) is 1. The first-order valence-corrected chi connectivity index (χ1v) is 7.65. The summed E-state index contributed by atoms with van der Waals surface area (Å²) in [5, 5.41) is 0.0686. The van der Waals surface area contributed by atoms with Crippen LogP contribution in [0.1, 0.15) is 0 Å². The first-order valence-electron chi connectivity index (χ1n) is 5.38. The Morgan fingerprint density at radius 3 is 2.16 bits per heavy atom. The molecule has 0 heterocycles. The molecule has 3 nitrogen and oxygen atoms in total. The Morgan fingerprint density at radius 1 is 1.05 bits per heavy atom. The molecule has 0 unspecified atom stereocenters. The van der Waals surface area contributed by atoms with E-state index < -0.39 is 15.8 Å². The molecule has 2 aromatic carbocycles. The van der Waals surface area contributed by atoms with Crippen LogP contribution in [0.2, 0.25) is 5.02 Å². The highest BCUT2D eigenvalue weighted by Gasteiger charge is 2.05. The second-order valence-electron chi connectivity index (χ2n) is 4.08. The number of halogens is 2. The summed E-state index contributed by atoms with van der Waals surface area (Å²) in [5.41, 5.74) is 1.91. The Balaban J connectivity index is 2.29. The zero-order valence-electron chi connectivity index (χ0n) is 10.0. The van der Waals surface area contributed by atoms with Gasteiger partial charge in [-0.25, -0.2) is 12.8 Å². The zero-order valence-corrected chi connectivity index (χ0v) is 11.6. The van der Waals surface area contributed by atoms with Crippen molar-refractivity contribution in [3.63, 3.8) is 0 Å². The quantitative estimate of drug-likeness (QED) is 0.942. The van der Waals surface area contributed by atoms with Gasteiger partial charge in [-0.05, 0) is 35.4 Å². The van der Waals surface area contributed by atoms with Crippen molar-refractivity contribution in [1.29, 1.82) is 0 Å². The van der Waals surface area contributed by atoms with Crippen LogP contribution >= 0.6 is 11.6 Å². The van der Waals surface area contributed by atoms with Gasteiger partial charge in [0.2, 0.25) is 10.0 Å². The van der Waals surface area contributed by atoms with Gasteiger partial charge in [0, 0.05) is 5.69 Å². The van der Waals surface area contributed by atoms with Gasteiger partial charge < -0.3 is 0 Å². The molecule has 0 aliphatic carbocycles. The maximum atomic E-state index is 13.3. The van der Waals surface area contributed by atoms with Gasteiger partial charge in [-0.15, -0.1) is 0 Å². The van der Waals surface area contributed by atoms with Crippen LogP contribution in [0.4, 0.5) is 10.1 Å². The third-order valence-corrected chi connectivity index (χ3v) is 3.35. The molecule has 6 heteroatoms. The first-order chi connectivity index (χ1) is 8.85. The molecule has 0 fully saturated rings. The second-order valence-corrected chi connectivity index (χ2v) is 6.24. The molecular formula is C13H11ClFNO2S. The molecule has 0 spiro atoms. The SMILES string of the molecule is CS(=O)(=O)Nc1ccc(-c2ccc(Cl)c(F)c2)cc1. The molecule has 0 saturated heterocycles. The van der Waals surface area contributed by atoms with Crippen molar-refractivity contribution in [2.45, 2.75) is 0 Å². The predicted molar refractivity (Wildman–Crippen MR) is 75.3 cm³/mol. The Morgan fingerprint density at radius 2 is 1.63 bits per heavy atom. The fraction of sp³-hybridized carbons (Fsp3) is 0.0769. The molecule has 2 rings (SSSR count). The largest absolute Gasteiger partial charge is 0.284 e. The molecule has 0 radical (unpaired) electrons. The van der Waals surface area contributed by atoms with E-state index in [1.54, 1.807) is 30.3 Å². The lowest BCUT2D eigenvalue weighted by molar-refractivity contribution is 0.607. The molecule has 19 heavy (non-hydrogen) atoms. The lowest BCUT2D eigenvalue weighted by atomic mass is 10.1. The van der Waals surface area contributed by atoms with Crippen LogP contribution in [0.3, 0.4) is 0 Å². The number of hydrogen-bond acceptors (Lipinski definition) is 2. The summed E-state index contributed by atoms with van der Waals surface area (Å²) in [6.07, 6.45) is 1.08. The van der Waals surface area contributed by atoms with E-state index in [2.05, 4.69) is 4.72 Å². The van der Waals surface area contributed by atoms with Crippen LogP contribution in [-0.4, -0.2) is 14.7 Å². The summed E-state index contributed by atoms with van der Waals surface area (Å²) in [7, 11) is -3.29. The average Bonchev–Trinajstić information content (AvgIpc) is 2.32. The highest BCUT2D eigenvalue weighted by molar-refractivity contribution is 7.92. The van der Waals surface area contributed by atoms with Crippen molar-refractivity contribution in [3.8, 4) is 11.1 Å². The minimum absolute atomic E-state index is 0.0686. The summed E-state index contributed by atoms with van der Waals surface area (Å²) < 4.78 is 37.8. The minimum Gasteiger partial charge on any atom is -0.284 e. The van der Waals surface area contributed by atoms with Crippen molar-refractivity contribution in [2.75, 3.05) is 11.0 Å². The number of anilines is 1. The highest BCUT2D eigenvalue weighted by Crippen LogP contribution is 2.25. The van der Waals surface area contributed by atoms with Crippen LogP contribution in [0.5, 0.6) is 0 Å². The van der Waals surface area contributed by atoms with E-state index >= 15 is 0 Å². The molecule has 100 valence electrons. The van der Waals surface area contributed by atoms with Gasteiger partial charge in [0.15, 0.2) is 0 Å². The first kappa shape index (κ1) is 13.8. The molecule has 0 aliphatic heterocycles. The van der Waals surface area contributed by atoms with Crippen LogP contribution in [0.25, 0.3) is 11.1 Å². The minimum atomic E-state index is -3.29. The van der Waals surface area contributed by atoms with Gasteiger partial charge in [-0.2, -0.15) is 0 Å². The van der Waals surface area contributed by atoms with Gasteiger partial charge in [0.05, 0.1) is 11.3 Å². The Labute approximate surface area is 116 Å². The smallest absolute Gasteiger partial charge is 0.229 e. The number of benzene rings is 2. The van der Waals surface area contributed by atoms with Crippen molar-refractivity contribution >= 4 is 27.3 Å². The molecule has 0 saturated carbocycles. The summed E-state index contributed by atoms with van der Waals surface area (Å²) >= 11 is 5.61. The molecule has 0 amide bonds. The Bertz CT molecular complexity index is 699. The fourth-order valence-corrected chi connectivity index (χ4v) is 2.30. The Hall–Kier alpha value is -1.59. The topological polar surface area (TPSA) is 46.2 Å². The molecule has 0 bridgehead atoms. The van der Waals surface area contributed by atoms with Gasteiger partial charge >= 0.3 is 0 Å². The average molecular weight is 300 g/mol. The van der Waals surface area contributed by atoms with Crippen molar-refractivity contribution in [3.05, 3.63) is 53.3 Å². The number of sulfonamides is 1. The number of nitrogens with one attached hydrogen (secondary N) is 1. The summed E-state index contributed by atoms with van der Waals surface area (Å²) in [5.74, 6) is -0.488. The zero-order chi connectivity index (χ0) is 14.0. The third-order valence-electron chi connectivity index (χ3n) is 2.44. The second kappa shape index (κ2) is 5.19. The Kier molecular flexibility index (Phi) is 3.78. The van der Waals surface area contributed by atoms with Crippen LogP contribution in [-0.2, 0) is 10.0 Å². The van der Waals surface area contributed by atoms with E-state index in [0.29, 0.717) is 11.3 Å². The van der Waals surface area contributed by atoms with Crippen LogP contribution in [0, 0.1) is 5.82 Å². The van der Waals surface area contributed by atoms with E-state index in [0.717, 1.165) is 11.8 Å². The van der Waals surface area contributed by atoms with Gasteiger partial charge in [0.25, 0.3) is 0 Å². The van der Waals surface area contributed by atoms with Crippen molar-refractivity contribution < 1.29 is 12.8 Å². The lowest BCUT2D eigenvalue weighted by Gasteiger charge is -2.06.